The van der Waals surface area contributed by atoms with Gasteiger partial charge in [-0.25, -0.2) is 0 Å². The highest BCUT2D eigenvalue weighted by atomic mass is 16.5. The summed E-state index contributed by atoms with van der Waals surface area (Å²) in [6, 6.07) is 0.587. The second-order valence-electron chi connectivity index (χ2n) is 4.93. The van der Waals surface area contributed by atoms with Crippen molar-refractivity contribution in [3.05, 3.63) is 0 Å². The van der Waals surface area contributed by atoms with E-state index in [9.17, 15) is 0 Å². The molecule has 1 N–H and O–H groups in total. The number of ether oxygens (including phenoxy) is 1. The van der Waals surface area contributed by atoms with Gasteiger partial charge >= 0.3 is 0 Å². The van der Waals surface area contributed by atoms with Gasteiger partial charge < -0.3 is 10.1 Å². The van der Waals surface area contributed by atoms with Crippen LogP contribution >= 0.6 is 0 Å². The van der Waals surface area contributed by atoms with Crippen LogP contribution in [0, 0.1) is 5.92 Å². The molecule has 0 heterocycles. The average Bonchev–Trinajstić information content (AvgIpc) is 2.23. The maximum absolute atomic E-state index is 5.17. The maximum atomic E-state index is 5.17. The first-order chi connectivity index (χ1) is 7.61. The van der Waals surface area contributed by atoms with Gasteiger partial charge in [-0.3, -0.25) is 4.90 Å². The standard InChI is InChI=1S/C13H30N2O/c1-6-7-14-10-13(4)15(8-9-16-5)11-12(2)3/h12-14H,6-11H2,1-5H3. The lowest BCUT2D eigenvalue weighted by Crippen LogP contribution is -2.43. The Morgan fingerprint density at radius 1 is 1.25 bits per heavy atom. The van der Waals surface area contributed by atoms with Crippen LogP contribution in [0.3, 0.4) is 0 Å². The van der Waals surface area contributed by atoms with E-state index in [0.717, 1.165) is 32.8 Å². The number of rotatable bonds is 10. The number of hydrogen-bond donors (Lipinski definition) is 1. The van der Waals surface area contributed by atoms with E-state index in [0.29, 0.717) is 12.0 Å². The van der Waals surface area contributed by atoms with Crippen LogP contribution in [0.4, 0.5) is 0 Å². The van der Waals surface area contributed by atoms with Crippen molar-refractivity contribution in [1.29, 1.82) is 0 Å². The van der Waals surface area contributed by atoms with Gasteiger partial charge in [-0.2, -0.15) is 0 Å². The highest BCUT2D eigenvalue weighted by Crippen LogP contribution is 2.03. The molecule has 16 heavy (non-hydrogen) atoms. The summed E-state index contributed by atoms with van der Waals surface area (Å²) in [7, 11) is 1.77. The molecule has 1 atom stereocenters. The second kappa shape index (κ2) is 10.1. The third-order valence-electron chi connectivity index (χ3n) is 2.67. The molecule has 0 aromatic rings. The maximum Gasteiger partial charge on any atom is 0.0589 e. The van der Waals surface area contributed by atoms with Crippen LogP contribution in [-0.2, 0) is 4.74 Å². The van der Waals surface area contributed by atoms with Crippen molar-refractivity contribution < 1.29 is 4.74 Å². The van der Waals surface area contributed by atoms with Gasteiger partial charge in [0.1, 0.15) is 0 Å². The van der Waals surface area contributed by atoms with Crippen molar-refractivity contribution in [3.8, 4) is 0 Å². The summed E-state index contributed by atoms with van der Waals surface area (Å²) in [4.78, 5) is 2.51. The van der Waals surface area contributed by atoms with Crippen molar-refractivity contribution in [2.45, 2.75) is 40.2 Å². The zero-order valence-electron chi connectivity index (χ0n) is 11.8. The molecule has 0 bridgehead atoms. The molecule has 0 radical (unpaired) electrons. The molecule has 0 aromatic heterocycles. The van der Waals surface area contributed by atoms with Crippen LogP contribution in [0.15, 0.2) is 0 Å². The van der Waals surface area contributed by atoms with Crippen LogP contribution in [0.5, 0.6) is 0 Å². The highest BCUT2D eigenvalue weighted by Gasteiger charge is 2.14. The summed E-state index contributed by atoms with van der Waals surface area (Å²) < 4.78 is 5.17. The topological polar surface area (TPSA) is 24.5 Å². The summed E-state index contributed by atoms with van der Waals surface area (Å²) in [6.07, 6.45) is 1.20. The fourth-order valence-electron chi connectivity index (χ4n) is 1.79. The molecule has 0 aromatic carbocycles. The van der Waals surface area contributed by atoms with Gasteiger partial charge in [-0.15, -0.1) is 0 Å². The lowest BCUT2D eigenvalue weighted by molar-refractivity contribution is 0.114. The first kappa shape index (κ1) is 15.9. The molecule has 0 amide bonds. The molecule has 3 heteroatoms. The SMILES string of the molecule is CCCNCC(C)N(CCOC)CC(C)C. The molecule has 0 aliphatic carbocycles. The fraction of sp³-hybridized carbons (Fsp3) is 1.00. The van der Waals surface area contributed by atoms with Crippen LogP contribution in [0.25, 0.3) is 0 Å². The molecule has 1 unspecified atom stereocenters. The van der Waals surface area contributed by atoms with E-state index in [1.165, 1.54) is 6.42 Å². The molecule has 0 spiro atoms. The molecule has 0 aliphatic heterocycles. The molecule has 0 saturated carbocycles. The normalized spacial score (nSPS) is 13.7. The highest BCUT2D eigenvalue weighted by molar-refractivity contribution is 4.70. The Morgan fingerprint density at radius 3 is 2.44 bits per heavy atom. The summed E-state index contributed by atoms with van der Waals surface area (Å²) >= 11 is 0. The molecule has 0 aliphatic rings. The van der Waals surface area contributed by atoms with Gasteiger partial charge in [0.15, 0.2) is 0 Å². The quantitative estimate of drug-likeness (QED) is 0.581. The van der Waals surface area contributed by atoms with Gasteiger partial charge in [0.05, 0.1) is 6.61 Å². The minimum atomic E-state index is 0.587. The Labute approximate surface area is 102 Å². The Hall–Kier alpha value is -0.120. The number of nitrogens with one attached hydrogen (secondary N) is 1. The Kier molecular flexibility index (Phi) is 9.99. The van der Waals surface area contributed by atoms with Crippen molar-refractivity contribution in [2.75, 3.05) is 39.9 Å². The third-order valence-corrected chi connectivity index (χ3v) is 2.67. The molecule has 0 saturated heterocycles. The van der Waals surface area contributed by atoms with Crippen LogP contribution in [0.1, 0.15) is 34.1 Å². The van der Waals surface area contributed by atoms with Gasteiger partial charge in [0.2, 0.25) is 0 Å². The van der Waals surface area contributed by atoms with Gasteiger partial charge in [-0.05, 0) is 25.8 Å². The first-order valence-corrected chi connectivity index (χ1v) is 6.55. The predicted octanol–water partition coefficient (Wildman–Crippen LogP) is 1.98. The van der Waals surface area contributed by atoms with E-state index < -0.39 is 0 Å². The van der Waals surface area contributed by atoms with Crippen molar-refractivity contribution >= 4 is 0 Å². The van der Waals surface area contributed by atoms with Crippen molar-refractivity contribution in [2.24, 2.45) is 5.92 Å². The second-order valence-corrected chi connectivity index (χ2v) is 4.93. The van der Waals surface area contributed by atoms with Crippen LogP contribution < -0.4 is 5.32 Å². The van der Waals surface area contributed by atoms with E-state index in [-0.39, 0.29) is 0 Å². The zero-order valence-corrected chi connectivity index (χ0v) is 11.8. The molecule has 98 valence electrons. The lowest BCUT2D eigenvalue weighted by atomic mass is 10.1. The smallest absolute Gasteiger partial charge is 0.0589 e. The third kappa shape index (κ3) is 8.08. The largest absolute Gasteiger partial charge is 0.383 e. The minimum absolute atomic E-state index is 0.587. The molecule has 0 rings (SSSR count). The monoisotopic (exact) mass is 230 g/mol. The summed E-state index contributed by atoms with van der Waals surface area (Å²) in [5, 5.41) is 3.48. The van der Waals surface area contributed by atoms with Crippen molar-refractivity contribution in [1.82, 2.24) is 10.2 Å². The molecular formula is C13H30N2O. The van der Waals surface area contributed by atoms with Crippen molar-refractivity contribution in [3.63, 3.8) is 0 Å². The molecule has 0 fully saturated rings. The molecular weight excluding hydrogens is 200 g/mol. The Morgan fingerprint density at radius 2 is 1.94 bits per heavy atom. The van der Waals surface area contributed by atoms with Gasteiger partial charge in [-0.1, -0.05) is 20.8 Å². The average molecular weight is 230 g/mol. The Bertz CT molecular complexity index is 151. The number of nitrogens with zero attached hydrogens (tertiary/aromatic N) is 1. The van der Waals surface area contributed by atoms with Crippen LogP contribution in [0.2, 0.25) is 0 Å². The minimum Gasteiger partial charge on any atom is -0.383 e. The van der Waals surface area contributed by atoms with E-state index in [1.54, 1.807) is 7.11 Å². The lowest BCUT2D eigenvalue weighted by Gasteiger charge is -2.30. The van der Waals surface area contributed by atoms with Gasteiger partial charge in [0, 0.05) is 32.8 Å². The number of hydrogen-bond acceptors (Lipinski definition) is 3. The summed E-state index contributed by atoms with van der Waals surface area (Å²) in [6.45, 7) is 14.2. The number of methoxy groups -OCH3 is 1. The predicted molar refractivity (Wildman–Crippen MR) is 70.9 cm³/mol. The van der Waals surface area contributed by atoms with E-state index >= 15 is 0 Å². The summed E-state index contributed by atoms with van der Waals surface area (Å²) in [5.41, 5.74) is 0. The first-order valence-electron chi connectivity index (χ1n) is 6.55. The molecule has 3 nitrogen and oxygen atoms in total. The van der Waals surface area contributed by atoms with E-state index in [1.807, 2.05) is 0 Å². The van der Waals surface area contributed by atoms with Crippen LogP contribution in [-0.4, -0.2) is 50.8 Å². The fourth-order valence-corrected chi connectivity index (χ4v) is 1.79. The van der Waals surface area contributed by atoms with Gasteiger partial charge in [0.25, 0.3) is 0 Å². The zero-order chi connectivity index (χ0) is 12.4. The van der Waals surface area contributed by atoms with E-state index in [2.05, 4.69) is 37.9 Å². The van der Waals surface area contributed by atoms with E-state index in [4.69, 9.17) is 4.74 Å². The Balaban J connectivity index is 3.93. The summed E-state index contributed by atoms with van der Waals surface area (Å²) in [5.74, 6) is 0.713.